The van der Waals surface area contributed by atoms with Crippen molar-refractivity contribution < 1.29 is 33.8 Å². The third-order valence-electron chi connectivity index (χ3n) is 9.07. The van der Waals surface area contributed by atoms with Crippen molar-refractivity contribution in [3.8, 4) is 17.1 Å². The van der Waals surface area contributed by atoms with Crippen LogP contribution in [0.25, 0.3) is 11.4 Å². The van der Waals surface area contributed by atoms with Crippen LogP contribution in [0.5, 0.6) is 5.75 Å². The standard InChI is InChI=1S/C33H47N7O7/c1-5-17-46-24-15-13-21(14-16-24)27-36-38-40(37-27)23-18-26-28(41)35-33(30(43)44)19-22(33)11-9-7-6-8-10-12-25(29(42)39(26)20-23)34-31(45)47-32(2,3)4/h13-16,22-23,25-26H,5-12,17-20H2,1-4H3,(H,34,45)(H,35,41)(H,43,44)/t22-,23+,25-,26+,33+/m1/s1. The molecule has 256 valence electrons. The van der Waals surface area contributed by atoms with Gasteiger partial charge >= 0.3 is 12.1 Å². The van der Waals surface area contributed by atoms with E-state index >= 15 is 0 Å². The number of fused-ring (bicyclic) bond motifs is 2. The number of benzene rings is 1. The average Bonchev–Trinajstić information content (AvgIpc) is 3.33. The monoisotopic (exact) mass is 653 g/mol. The largest absolute Gasteiger partial charge is 0.494 e. The number of hydrogen-bond acceptors (Lipinski definition) is 9. The zero-order chi connectivity index (χ0) is 33.8. The first-order valence-electron chi connectivity index (χ1n) is 16.8. The topological polar surface area (TPSA) is 178 Å². The van der Waals surface area contributed by atoms with Crippen LogP contribution in [0.15, 0.2) is 24.3 Å². The van der Waals surface area contributed by atoms with E-state index in [0.717, 1.165) is 43.4 Å². The van der Waals surface area contributed by atoms with Gasteiger partial charge in [0, 0.05) is 18.5 Å². The second-order valence-electron chi connectivity index (χ2n) is 13.9. The van der Waals surface area contributed by atoms with Gasteiger partial charge in [-0.1, -0.05) is 39.0 Å². The molecule has 3 aliphatic rings. The Balaban J connectivity index is 1.40. The van der Waals surface area contributed by atoms with E-state index in [4.69, 9.17) is 9.47 Å². The minimum Gasteiger partial charge on any atom is -0.494 e. The molecule has 1 aliphatic carbocycles. The number of hydrogen-bond donors (Lipinski definition) is 3. The van der Waals surface area contributed by atoms with E-state index in [0.29, 0.717) is 38.1 Å². The first-order valence-corrected chi connectivity index (χ1v) is 16.8. The summed E-state index contributed by atoms with van der Waals surface area (Å²) < 4.78 is 11.1. The fourth-order valence-corrected chi connectivity index (χ4v) is 6.52. The Morgan fingerprint density at radius 2 is 1.79 bits per heavy atom. The third-order valence-corrected chi connectivity index (χ3v) is 9.07. The number of carbonyl (C=O) groups excluding carboxylic acids is 3. The predicted molar refractivity (Wildman–Crippen MR) is 170 cm³/mol. The fraction of sp³-hybridized carbons (Fsp3) is 0.667. The molecule has 0 unspecified atom stereocenters. The van der Waals surface area contributed by atoms with Crippen molar-refractivity contribution in [3.05, 3.63) is 24.3 Å². The van der Waals surface area contributed by atoms with Crippen LogP contribution in [0.3, 0.4) is 0 Å². The van der Waals surface area contributed by atoms with Crippen LogP contribution >= 0.6 is 0 Å². The van der Waals surface area contributed by atoms with Crippen LogP contribution < -0.4 is 15.4 Å². The minimum atomic E-state index is -1.34. The van der Waals surface area contributed by atoms with Crippen LogP contribution in [-0.2, 0) is 19.1 Å². The van der Waals surface area contributed by atoms with E-state index < -0.39 is 53.1 Å². The smallest absolute Gasteiger partial charge is 0.408 e. The molecule has 14 heteroatoms. The van der Waals surface area contributed by atoms with Crippen molar-refractivity contribution >= 4 is 23.9 Å². The Labute approximate surface area is 274 Å². The van der Waals surface area contributed by atoms with E-state index in [1.807, 2.05) is 31.2 Å². The molecular formula is C33H47N7O7. The summed E-state index contributed by atoms with van der Waals surface area (Å²) in [5.41, 5.74) is -1.38. The van der Waals surface area contributed by atoms with E-state index in [1.165, 1.54) is 9.70 Å². The summed E-state index contributed by atoms with van der Waals surface area (Å²) in [5.74, 6) is -1.09. The molecule has 2 saturated heterocycles. The van der Waals surface area contributed by atoms with E-state index in [1.54, 1.807) is 20.8 Å². The van der Waals surface area contributed by atoms with Crippen LogP contribution in [0.2, 0.25) is 0 Å². The Morgan fingerprint density at radius 1 is 1.09 bits per heavy atom. The number of carbonyl (C=O) groups is 4. The molecule has 3 amide bonds. The number of tetrazole rings is 1. The maximum absolute atomic E-state index is 14.2. The third kappa shape index (κ3) is 8.20. The zero-order valence-corrected chi connectivity index (χ0v) is 27.7. The van der Waals surface area contributed by atoms with Crippen molar-refractivity contribution in [2.75, 3.05) is 13.2 Å². The van der Waals surface area contributed by atoms with Crippen molar-refractivity contribution in [1.82, 2.24) is 35.7 Å². The van der Waals surface area contributed by atoms with Gasteiger partial charge < -0.3 is 30.1 Å². The number of aromatic nitrogens is 4. The first-order chi connectivity index (χ1) is 22.4. The molecule has 3 heterocycles. The molecule has 0 spiro atoms. The molecule has 3 fully saturated rings. The van der Waals surface area contributed by atoms with Crippen LogP contribution in [0.1, 0.15) is 97.9 Å². The highest BCUT2D eigenvalue weighted by Crippen LogP contribution is 2.47. The lowest BCUT2D eigenvalue weighted by Gasteiger charge is -2.30. The van der Waals surface area contributed by atoms with Crippen LogP contribution in [-0.4, -0.2) is 90.5 Å². The quantitative estimate of drug-likeness (QED) is 0.397. The normalized spacial score (nSPS) is 27.0. The summed E-state index contributed by atoms with van der Waals surface area (Å²) in [4.78, 5) is 56.2. The van der Waals surface area contributed by atoms with Gasteiger partial charge in [-0.05, 0) is 81.9 Å². The molecule has 2 aromatic rings. The highest BCUT2D eigenvalue weighted by atomic mass is 16.6. The van der Waals surface area contributed by atoms with Crippen molar-refractivity contribution in [1.29, 1.82) is 0 Å². The lowest BCUT2D eigenvalue weighted by Crippen LogP contribution is -2.56. The van der Waals surface area contributed by atoms with E-state index in [9.17, 15) is 24.3 Å². The number of ether oxygens (including phenoxy) is 2. The molecule has 47 heavy (non-hydrogen) atoms. The lowest BCUT2D eigenvalue weighted by atomic mass is 10.0. The van der Waals surface area contributed by atoms with E-state index in [-0.39, 0.29) is 18.9 Å². The summed E-state index contributed by atoms with van der Waals surface area (Å²) in [6, 6.07) is 4.91. The van der Waals surface area contributed by atoms with Gasteiger partial charge in [-0.3, -0.25) is 9.59 Å². The summed E-state index contributed by atoms with van der Waals surface area (Å²) in [5, 5.41) is 28.8. The highest BCUT2D eigenvalue weighted by molar-refractivity contribution is 5.95. The van der Waals surface area contributed by atoms with Gasteiger partial charge in [0.2, 0.25) is 17.6 Å². The molecule has 1 aromatic carbocycles. The number of aliphatic carboxylic acids is 1. The molecule has 14 nitrogen and oxygen atoms in total. The van der Waals surface area contributed by atoms with Gasteiger partial charge in [0.1, 0.15) is 29.0 Å². The SMILES string of the molecule is CCCOc1ccc(-c2nnn([C@H]3C[C@H]4C(=O)N[C@@]5(C(=O)O)C[C@H]5CCCCCCC[C@@H](NC(=O)OC(C)(C)C)C(=O)N4C3)n2)cc1. The number of alkyl carbamates (subject to hydrolysis) is 1. The molecule has 2 aliphatic heterocycles. The number of carboxylic acids is 1. The predicted octanol–water partition coefficient (Wildman–Crippen LogP) is 3.87. The maximum Gasteiger partial charge on any atom is 0.408 e. The van der Waals surface area contributed by atoms with Gasteiger partial charge in [0.25, 0.3) is 0 Å². The minimum absolute atomic E-state index is 0.0759. The Morgan fingerprint density at radius 3 is 2.47 bits per heavy atom. The van der Waals surface area contributed by atoms with Gasteiger partial charge in [-0.25, -0.2) is 9.59 Å². The summed E-state index contributed by atoms with van der Waals surface area (Å²) in [7, 11) is 0. The summed E-state index contributed by atoms with van der Waals surface area (Å²) >= 11 is 0. The number of nitrogens with one attached hydrogen (secondary N) is 2. The van der Waals surface area contributed by atoms with Gasteiger partial charge in [-0.2, -0.15) is 4.80 Å². The van der Waals surface area contributed by atoms with Gasteiger partial charge in [0.05, 0.1) is 12.6 Å². The molecular weight excluding hydrogens is 606 g/mol. The molecule has 1 aromatic heterocycles. The molecule has 5 atom stereocenters. The van der Waals surface area contributed by atoms with Gasteiger partial charge in [0.15, 0.2) is 0 Å². The fourth-order valence-electron chi connectivity index (χ4n) is 6.52. The Hall–Kier alpha value is -4.23. The number of rotatable bonds is 7. The van der Waals surface area contributed by atoms with Crippen molar-refractivity contribution in [2.45, 2.75) is 121 Å². The van der Waals surface area contributed by atoms with Crippen molar-refractivity contribution in [3.63, 3.8) is 0 Å². The molecule has 3 N–H and O–H groups in total. The number of nitrogens with zero attached hydrogens (tertiary/aromatic N) is 5. The Bertz CT molecular complexity index is 1440. The zero-order valence-electron chi connectivity index (χ0n) is 27.7. The summed E-state index contributed by atoms with van der Waals surface area (Å²) in [6.45, 7) is 7.95. The van der Waals surface area contributed by atoms with Crippen LogP contribution in [0, 0.1) is 5.92 Å². The van der Waals surface area contributed by atoms with Gasteiger partial charge in [-0.15, -0.1) is 10.2 Å². The molecule has 0 bridgehead atoms. The average molecular weight is 654 g/mol. The molecule has 1 saturated carbocycles. The van der Waals surface area contributed by atoms with Crippen molar-refractivity contribution in [2.24, 2.45) is 5.92 Å². The summed E-state index contributed by atoms with van der Waals surface area (Å²) in [6.07, 6.45) is 6.04. The maximum atomic E-state index is 14.2. The second-order valence-corrected chi connectivity index (χ2v) is 13.9. The van der Waals surface area contributed by atoms with Crippen LogP contribution in [0.4, 0.5) is 4.79 Å². The highest BCUT2D eigenvalue weighted by Gasteiger charge is 2.62. The number of amides is 3. The first kappa shape index (κ1) is 34.1. The van der Waals surface area contributed by atoms with E-state index in [2.05, 4.69) is 26.0 Å². The molecule has 5 rings (SSSR count). The lowest BCUT2D eigenvalue weighted by molar-refractivity contribution is -0.146. The second kappa shape index (κ2) is 14.3. The molecule has 0 radical (unpaired) electrons. The number of carboxylic acid groups (broad SMARTS) is 1. The Kier molecular flexibility index (Phi) is 10.4.